The Kier molecular flexibility index (Phi) is 6.34. The van der Waals surface area contributed by atoms with Crippen LogP contribution < -0.4 is 0 Å². The van der Waals surface area contributed by atoms with Gasteiger partial charge in [0.2, 0.25) is 0 Å². The number of benzene rings is 1. The van der Waals surface area contributed by atoms with Gasteiger partial charge in [0, 0.05) is 16.4 Å². The minimum atomic E-state index is -3.67. The Balaban J connectivity index is 1.96. The maximum Gasteiger partial charge on any atom is 0.261 e. The maximum atomic E-state index is 11.3. The molecule has 0 amide bonds. The molecule has 0 aliphatic heterocycles. The van der Waals surface area contributed by atoms with Gasteiger partial charge in [-0.25, -0.2) is 13.4 Å². The molecule has 0 saturated carbocycles. The SMILES string of the molecule is CCCCCCCSc1nc2ccc(S(=O)(=O)Cl)cc2s1. The minimum absolute atomic E-state index is 0.136. The predicted octanol–water partition coefficient (Wildman–Crippen LogP) is 5.29. The van der Waals surface area contributed by atoms with Crippen LogP contribution in [0.1, 0.15) is 39.0 Å². The summed E-state index contributed by atoms with van der Waals surface area (Å²) in [4.78, 5) is 4.65. The lowest BCUT2D eigenvalue weighted by atomic mass is 10.2. The third kappa shape index (κ3) is 5.13. The van der Waals surface area contributed by atoms with Gasteiger partial charge in [0.15, 0.2) is 4.34 Å². The Morgan fingerprint density at radius 3 is 2.71 bits per heavy atom. The lowest BCUT2D eigenvalue weighted by molar-refractivity contribution is 0.609. The first-order chi connectivity index (χ1) is 10.0. The van der Waals surface area contributed by atoms with Crippen molar-refractivity contribution in [2.45, 2.75) is 48.3 Å². The van der Waals surface area contributed by atoms with Crippen molar-refractivity contribution < 1.29 is 8.42 Å². The number of halogens is 1. The zero-order valence-corrected chi connectivity index (χ0v) is 15.0. The van der Waals surface area contributed by atoms with Crippen molar-refractivity contribution in [2.75, 3.05) is 5.75 Å². The van der Waals surface area contributed by atoms with Crippen LogP contribution in [0, 0.1) is 0 Å². The summed E-state index contributed by atoms with van der Waals surface area (Å²) in [5.41, 5.74) is 0.831. The van der Waals surface area contributed by atoms with Crippen LogP contribution in [0.15, 0.2) is 27.4 Å². The highest BCUT2D eigenvalue weighted by Crippen LogP contribution is 2.32. The molecule has 2 rings (SSSR count). The van der Waals surface area contributed by atoms with Crippen molar-refractivity contribution in [2.24, 2.45) is 0 Å². The van der Waals surface area contributed by atoms with Gasteiger partial charge >= 0.3 is 0 Å². The number of aromatic nitrogens is 1. The van der Waals surface area contributed by atoms with Crippen LogP contribution in [0.2, 0.25) is 0 Å². The summed E-state index contributed by atoms with van der Waals surface area (Å²) in [6, 6.07) is 4.82. The zero-order valence-electron chi connectivity index (χ0n) is 11.8. The van der Waals surface area contributed by atoms with E-state index in [0.29, 0.717) is 0 Å². The molecule has 1 aromatic heterocycles. The second-order valence-corrected chi connectivity index (χ2v) is 9.75. The summed E-state index contributed by atoms with van der Waals surface area (Å²) in [6.07, 6.45) is 6.33. The molecule has 1 heterocycles. The second kappa shape index (κ2) is 7.81. The smallest absolute Gasteiger partial charge is 0.230 e. The topological polar surface area (TPSA) is 47.0 Å². The molecule has 7 heteroatoms. The molecule has 0 saturated heterocycles. The van der Waals surface area contributed by atoms with Crippen molar-refractivity contribution >= 4 is 53.0 Å². The highest BCUT2D eigenvalue weighted by atomic mass is 35.7. The van der Waals surface area contributed by atoms with Crippen molar-refractivity contribution in [1.82, 2.24) is 4.98 Å². The predicted molar refractivity (Wildman–Crippen MR) is 92.1 cm³/mol. The van der Waals surface area contributed by atoms with Gasteiger partial charge in [-0.2, -0.15) is 0 Å². The second-order valence-electron chi connectivity index (χ2n) is 4.81. The van der Waals surface area contributed by atoms with E-state index in [-0.39, 0.29) is 4.90 Å². The molecule has 0 unspecified atom stereocenters. The number of hydrogen-bond donors (Lipinski definition) is 0. The lowest BCUT2D eigenvalue weighted by Gasteiger charge is -1.98. The first-order valence-corrected chi connectivity index (χ1v) is 11.1. The van der Waals surface area contributed by atoms with Gasteiger partial charge in [-0.15, -0.1) is 11.3 Å². The molecule has 0 spiro atoms. The molecular weight excluding hydrogens is 346 g/mol. The molecule has 3 nitrogen and oxygen atoms in total. The third-order valence-corrected chi connectivity index (χ3v) is 6.69. The van der Waals surface area contributed by atoms with Gasteiger partial charge < -0.3 is 0 Å². The van der Waals surface area contributed by atoms with Gasteiger partial charge in [-0.1, -0.05) is 44.4 Å². The Bertz CT molecular complexity index is 697. The molecule has 0 bridgehead atoms. The van der Waals surface area contributed by atoms with Crippen molar-refractivity contribution in [3.8, 4) is 0 Å². The molecule has 0 aliphatic rings. The average Bonchev–Trinajstić information content (AvgIpc) is 2.83. The molecule has 0 radical (unpaired) electrons. The average molecular weight is 364 g/mol. The summed E-state index contributed by atoms with van der Waals surface area (Å²) < 4.78 is 24.5. The summed E-state index contributed by atoms with van der Waals surface area (Å²) in [5, 5.41) is 0. The first kappa shape index (κ1) is 17.1. The molecule has 0 fully saturated rings. The van der Waals surface area contributed by atoms with E-state index >= 15 is 0 Å². The number of unbranched alkanes of at least 4 members (excludes halogenated alkanes) is 4. The third-order valence-electron chi connectivity index (χ3n) is 3.10. The zero-order chi connectivity index (χ0) is 15.3. The first-order valence-electron chi connectivity index (χ1n) is 6.99. The number of fused-ring (bicyclic) bond motifs is 1. The molecule has 0 atom stereocenters. The van der Waals surface area contributed by atoms with Gasteiger partial charge in [0.1, 0.15) is 0 Å². The molecule has 116 valence electrons. The molecule has 2 aromatic rings. The molecule has 1 aromatic carbocycles. The summed E-state index contributed by atoms with van der Waals surface area (Å²) in [5.74, 6) is 1.06. The Morgan fingerprint density at radius 1 is 1.24 bits per heavy atom. The van der Waals surface area contributed by atoms with Crippen LogP contribution in [-0.2, 0) is 9.05 Å². The Hall–Kier alpha value is -0.300. The fraction of sp³-hybridized carbons (Fsp3) is 0.500. The Morgan fingerprint density at radius 2 is 2.00 bits per heavy atom. The van der Waals surface area contributed by atoms with Crippen LogP contribution in [0.5, 0.6) is 0 Å². The van der Waals surface area contributed by atoms with E-state index in [1.807, 2.05) is 0 Å². The number of hydrogen-bond acceptors (Lipinski definition) is 5. The van der Waals surface area contributed by atoms with E-state index in [1.54, 1.807) is 23.9 Å². The summed E-state index contributed by atoms with van der Waals surface area (Å²) in [7, 11) is 1.69. The van der Waals surface area contributed by atoms with Gasteiger partial charge in [0.05, 0.1) is 15.1 Å². The fourth-order valence-electron chi connectivity index (χ4n) is 1.96. The van der Waals surface area contributed by atoms with E-state index in [4.69, 9.17) is 10.7 Å². The standard InChI is InChI=1S/C14H18ClNO2S3/c1-2-3-4-5-6-9-19-14-16-12-8-7-11(21(15,17)18)10-13(12)20-14/h7-8,10H,2-6,9H2,1H3. The van der Waals surface area contributed by atoms with Crippen LogP contribution >= 0.6 is 33.8 Å². The number of thioether (sulfide) groups is 1. The quantitative estimate of drug-likeness (QED) is 0.363. The fourth-order valence-corrected chi connectivity index (χ4v) is 4.99. The van der Waals surface area contributed by atoms with E-state index < -0.39 is 9.05 Å². The van der Waals surface area contributed by atoms with Crippen molar-refractivity contribution in [3.63, 3.8) is 0 Å². The van der Waals surface area contributed by atoms with E-state index in [0.717, 1.165) is 20.3 Å². The molecule has 21 heavy (non-hydrogen) atoms. The van der Waals surface area contributed by atoms with E-state index in [9.17, 15) is 8.42 Å². The van der Waals surface area contributed by atoms with E-state index in [2.05, 4.69) is 11.9 Å². The van der Waals surface area contributed by atoms with Crippen LogP contribution in [-0.4, -0.2) is 19.2 Å². The number of rotatable bonds is 8. The highest BCUT2D eigenvalue weighted by molar-refractivity contribution is 8.13. The van der Waals surface area contributed by atoms with Gasteiger partial charge in [-0.3, -0.25) is 0 Å². The Labute approximate surface area is 138 Å². The normalized spacial score (nSPS) is 12.1. The summed E-state index contributed by atoms with van der Waals surface area (Å²) >= 11 is 3.27. The molecule has 0 N–H and O–H groups in total. The number of nitrogens with zero attached hydrogens (tertiary/aromatic N) is 1. The maximum absolute atomic E-state index is 11.3. The van der Waals surface area contributed by atoms with Crippen LogP contribution in [0.3, 0.4) is 0 Å². The lowest BCUT2D eigenvalue weighted by Crippen LogP contribution is -1.88. The van der Waals surface area contributed by atoms with Crippen molar-refractivity contribution in [1.29, 1.82) is 0 Å². The monoisotopic (exact) mass is 363 g/mol. The van der Waals surface area contributed by atoms with Gasteiger partial charge in [0.25, 0.3) is 9.05 Å². The van der Waals surface area contributed by atoms with Crippen LogP contribution in [0.4, 0.5) is 0 Å². The van der Waals surface area contributed by atoms with Gasteiger partial charge in [-0.05, 0) is 24.6 Å². The largest absolute Gasteiger partial charge is 0.261 e. The molecular formula is C14H18ClNO2S3. The van der Waals surface area contributed by atoms with Crippen LogP contribution in [0.25, 0.3) is 10.2 Å². The van der Waals surface area contributed by atoms with Crippen molar-refractivity contribution in [3.05, 3.63) is 18.2 Å². The molecule has 0 aliphatic carbocycles. The summed E-state index contributed by atoms with van der Waals surface area (Å²) in [6.45, 7) is 2.21. The van der Waals surface area contributed by atoms with E-state index in [1.165, 1.54) is 49.5 Å². The minimum Gasteiger partial charge on any atom is -0.230 e. The number of thiazole rings is 1. The highest BCUT2D eigenvalue weighted by Gasteiger charge is 2.12.